The molecule has 0 aliphatic heterocycles. The summed E-state index contributed by atoms with van der Waals surface area (Å²) >= 11 is 0. The molecule has 0 aliphatic carbocycles. The van der Waals surface area contributed by atoms with Gasteiger partial charge in [0.25, 0.3) is 0 Å². The van der Waals surface area contributed by atoms with Gasteiger partial charge in [-0.05, 0) is 5.21 Å². The minimum atomic E-state index is -0.409. The summed E-state index contributed by atoms with van der Waals surface area (Å²) in [4.78, 5) is 27.3. The quantitative estimate of drug-likeness (QED) is 0.736. The van der Waals surface area contributed by atoms with Crippen LogP contribution in [0.3, 0.4) is 0 Å². The van der Waals surface area contributed by atoms with Crippen molar-refractivity contribution in [2.75, 3.05) is 5.32 Å². The minimum Gasteiger partial charge on any atom is -0.366 e. The fourth-order valence-corrected chi connectivity index (χ4v) is 1.85. The molecule has 0 spiro atoms. The van der Waals surface area contributed by atoms with E-state index in [0.29, 0.717) is 5.82 Å². The number of pyridine rings is 1. The van der Waals surface area contributed by atoms with E-state index in [1.54, 1.807) is 0 Å². The van der Waals surface area contributed by atoms with E-state index in [1.807, 2.05) is 30.3 Å². The molecule has 8 heteroatoms. The van der Waals surface area contributed by atoms with Crippen LogP contribution < -0.4 is 10.7 Å². The van der Waals surface area contributed by atoms with Gasteiger partial charge < -0.3 is 10.3 Å². The first-order chi connectivity index (χ1) is 10.7. The molecule has 0 aliphatic rings. The lowest BCUT2D eigenvalue weighted by atomic mass is 10.2. The Morgan fingerprint density at radius 2 is 2.05 bits per heavy atom. The number of benzene rings is 1. The van der Waals surface area contributed by atoms with Gasteiger partial charge >= 0.3 is 0 Å². The fourth-order valence-electron chi connectivity index (χ4n) is 1.85. The summed E-state index contributed by atoms with van der Waals surface area (Å²) in [5.74, 6) is 0.0275. The zero-order chi connectivity index (χ0) is 15.4. The molecular weight excluding hydrogens is 284 g/mol. The summed E-state index contributed by atoms with van der Waals surface area (Å²) in [5, 5.41) is 14.4. The van der Waals surface area contributed by atoms with Crippen LogP contribution in [0.5, 0.6) is 0 Å². The Balaban J connectivity index is 1.69. The molecule has 110 valence electrons. The van der Waals surface area contributed by atoms with Gasteiger partial charge in [-0.25, -0.2) is 0 Å². The standard InChI is InChI=1S/C14H12N6O2/c21-12-6-7-15-8-11(12)16-13(22)9-20-18-14(17-19-20)10-4-2-1-3-5-10/h1-8H,9H2,(H,15,21)(H,16,22). The number of tetrazole rings is 1. The Bertz CT molecular complexity index is 840. The molecule has 0 atom stereocenters. The Morgan fingerprint density at radius 1 is 1.23 bits per heavy atom. The predicted octanol–water partition coefficient (Wildman–Crippen LogP) is 0.667. The second-order valence-corrected chi connectivity index (χ2v) is 4.48. The Labute approximate surface area is 124 Å². The van der Waals surface area contributed by atoms with Crippen LogP contribution in [0.2, 0.25) is 0 Å². The summed E-state index contributed by atoms with van der Waals surface area (Å²) in [6.07, 6.45) is 2.91. The monoisotopic (exact) mass is 296 g/mol. The van der Waals surface area contributed by atoms with Crippen LogP contribution in [0.15, 0.2) is 53.6 Å². The molecule has 2 heterocycles. The number of anilines is 1. The summed E-state index contributed by atoms with van der Waals surface area (Å²) in [6.45, 7) is -0.131. The molecule has 0 saturated heterocycles. The Hall–Kier alpha value is -3.29. The van der Waals surface area contributed by atoms with Crippen molar-refractivity contribution in [3.05, 3.63) is 59.0 Å². The highest BCUT2D eigenvalue weighted by Crippen LogP contribution is 2.11. The summed E-state index contributed by atoms with van der Waals surface area (Å²) in [6, 6.07) is 10.7. The maximum Gasteiger partial charge on any atom is 0.248 e. The van der Waals surface area contributed by atoms with Crippen LogP contribution in [0.1, 0.15) is 0 Å². The number of carbonyl (C=O) groups is 1. The average Bonchev–Trinajstić information content (AvgIpc) is 2.99. The van der Waals surface area contributed by atoms with Gasteiger partial charge in [0.1, 0.15) is 12.2 Å². The van der Waals surface area contributed by atoms with Crippen molar-refractivity contribution in [2.24, 2.45) is 0 Å². The molecule has 8 nitrogen and oxygen atoms in total. The third-order valence-corrected chi connectivity index (χ3v) is 2.87. The van der Waals surface area contributed by atoms with Crippen molar-refractivity contribution >= 4 is 11.6 Å². The van der Waals surface area contributed by atoms with Crippen LogP contribution >= 0.6 is 0 Å². The van der Waals surface area contributed by atoms with Crippen molar-refractivity contribution in [3.8, 4) is 11.4 Å². The SMILES string of the molecule is O=C(Cn1nnc(-c2ccccc2)n1)Nc1c[nH]ccc1=O. The van der Waals surface area contributed by atoms with Crippen LogP contribution in [0.4, 0.5) is 5.69 Å². The molecule has 1 aromatic carbocycles. The van der Waals surface area contributed by atoms with Gasteiger partial charge in [-0.1, -0.05) is 30.3 Å². The van der Waals surface area contributed by atoms with Crippen LogP contribution in [0, 0.1) is 0 Å². The molecule has 3 rings (SSSR count). The van der Waals surface area contributed by atoms with Gasteiger partial charge in [0.2, 0.25) is 17.2 Å². The highest BCUT2D eigenvalue weighted by atomic mass is 16.2. The van der Waals surface area contributed by atoms with E-state index in [-0.39, 0.29) is 17.7 Å². The second-order valence-electron chi connectivity index (χ2n) is 4.48. The van der Waals surface area contributed by atoms with Gasteiger partial charge in [-0.15, -0.1) is 10.2 Å². The lowest BCUT2D eigenvalue weighted by Gasteiger charge is -2.02. The number of amides is 1. The number of carbonyl (C=O) groups excluding carboxylic acids is 1. The largest absolute Gasteiger partial charge is 0.366 e. The lowest BCUT2D eigenvalue weighted by Crippen LogP contribution is -2.23. The number of nitrogens with one attached hydrogen (secondary N) is 2. The van der Waals surface area contributed by atoms with Gasteiger partial charge in [0, 0.05) is 24.0 Å². The molecule has 2 aromatic heterocycles. The van der Waals surface area contributed by atoms with E-state index in [9.17, 15) is 9.59 Å². The van der Waals surface area contributed by atoms with E-state index < -0.39 is 5.91 Å². The van der Waals surface area contributed by atoms with Crippen molar-refractivity contribution in [1.29, 1.82) is 0 Å². The molecule has 2 N–H and O–H groups in total. The van der Waals surface area contributed by atoms with Crippen molar-refractivity contribution in [2.45, 2.75) is 6.54 Å². The zero-order valence-corrected chi connectivity index (χ0v) is 11.4. The molecule has 0 unspecified atom stereocenters. The van der Waals surface area contributed by atoms with E-state index in [1.165, 1.54) is 23.3 Å². The van der Waals surface area contributed by atoms with Crippen molar-refractivity contribution in [3.63, 3.8) is 0 Å². The molecule has 0 saturated carbocycles. The predicted molar refractivity (Wildman–Crippen MR) is 78.9 cm³/mol. The van der Waals surface area contributed by atoms with Crippen LogP contribution in [0.25, 0.3) is 11.4 Å². The summed E-state index contributed by atoms with van der Waals surface area (Å²) in [5.41, 5.74) is 0.716. The number of rotatable bonds is 4. The van der Waals surface area contributed by atoms with Crippen LogP contribution in [-0.2, 0) is 11.3 Å². The topological polar surface area (TPSA) is 106 Å². The van der Waals surface area contributed by atoms with Gasteiger partial charge in [-0.3, -0.25) is 9.59 Å². The van der Waals surface area contributed by atoms with Crippen molar-refractivity contribution < 1.29 is 4.79 Å². The number of aromatic amines is 1. The zero-order valence-electron chi connectivity index (χ0n) is 11.4. The number of nitrogens with zero attached hydrogens (tertiary/aromatic N) is 4. The summed E-state index contributed by atoms with van der Waals surface area (Å²) < 4.78 is 0. The molecule has 22 heavy (non-hydrogen) atoms. The van der Waals surface area contributed by atoms with E-state index in [2.05, 4.69) is 25.7 Å². The maximum atomic E-state index is 11.9. The molecular formula is C14H12N6O2. The second kappa shape index (κ2) is 6.00. The number of hydrogen-bond donors (Lipinski definition) is 2. The Kier molecular flexibility index (Phi) is 3.73. The first kappa shape index (κ1) is 13.7. The number of aromatic nitrogens is 5. The molecule has 0 fully saturated rings. The van der Waals surface area contributed by atoms with Gasteiger partial charge in [-0.2, -0.15) is 4.80 Å². The van der Waals surface area contributed by atoms with Gasteiger partial charge in [0.15, 0.2) is 0 Å². The average molecular weight is 296 g/mol. The maximum absolute atomic E-state index is 11.9. The first-order valence-electron chi connectivity index (χ1n) is 6.52. The molecule has 0 bridgehead atoms. The molecule has 1 amide bonds. The number of H-pyrrole nitrogens is 1. The van der Waals surface area contributed by atoms with Crippen LogP contribution in [-0.4, -0.2) is 31.1 Å². The molecule has 0 radical (unpaired) electrons. The van der Waals surface area contributed by atoms with E-state index in [0.717, 1.165) is 5.56 Å². The van der Waals surface area contributed by atoms with Crippen molar-refractivity contribution in [1.82, 2.24) is 25.2 Å². The minimum absolute atomic E-state index is 0.131. The Morgan fingerprint density at radius 3 is 2.82 bits per heavy atom. The molecule has 3 aromatic rings. The van der Waals surface area contributed by atoms with E-state index >= 15 is 0 Å². The normalized spacial score (nSPS) is 10.4. The summed E-state index contributed by atoms with van der Waals surface area (Å²) in [7, 11) is 0. The number of hydrogen-bond acceptors (Lipinski definition) is 5. The third kappa shape index (κ3) is 3.06. The lowest BCUT2D eigenvalue weighted by molar-refractivity contribution is -0.117. The highest BCUT2D eigenvalue weighted by molar-refractivity contribution is 5.90. The smallest absolute Gasteiger partial charge is 0.248 e. The fraction of sp³-hybridized carbons (Fsp3) is 0.0714. The highest BCUT2D eigenvalue weighted by Gasteiger charge is 2.10. The van der Waals surface area contributed by atoms with Gasteiger partial charge in [0.05, 0.1) is 0 Å². The third-order valence-electron chi connectivity index (χ3n) is 2.87. The van der Waals surface area contributed by atoms with E-state index in [4.69, 9.17) is 0 Å². The first-order valence-corrected chi connectivity index (χ1v) is 6.52.